The average molecular weight is 373 g/mol. The summed E-state index contributed by atoms with van der Waals surface area (Å²) in [5.74, 6) is 0.883. The summed E-state index contributed by atoms with van der Waals surface area (Å²) in [5, 5.41) is 23.3. The predicted octanol–water partition coefficient (Wildman–Crippen LogP) is 5.02. The molecule has 9 heteroatoms. The number of aromatic amines is 2. The van der Waals surface area contributed by atoms with E-state index in [1.807, 2.05) is 58.0 Å². The molecule has 4 rings (SSSR count). The molecule has 3 heterocycles. The molecule has 1 aromatic carbocycles. The minimum absolute atomic E-state index is 0.249. The van der Waals surface area contributed by atoms with Crippen molar-refractivity contribution in [1.82, 2.24) is 30.0 Å². The van der Waals surface area contributed by atoms with E-state index in [4.69, 9.17) is 6.57 Å². The van der Waals surface area contributed by atoms with Crippen molar-refractivity contribution in [3.05, 3.63) is 53.3 Å². The number of aromatic nitrogens is 6. The van der Waals surface area contributed by atoms with Crippen molar-refractivity contribution in [2.75, 3.05) is 0 Å². The van der Waals surface area contributed by atoms with Gasteiger partial charge in [0.05, 0.1) is 12.3 Å². The zero-order chi connectivity index (χ0) is 19.9. The summed E-state index contributed by atoms with van der Waals surface area (Å²) in [4.78, 5) is 8.04. The summed E-state index contributed by atoms with van der Waals surface area (Å²) >= 11 is 0. The topological polar surface area (TPSA) is 104 Å². The largest absolute Gasteiger partial charge is 0.291 e. The summed E-state index contributed by atoms with van der Waals surface area (Å²) in [7, 11) is 0. The van der Waals surface area contributed by atoms with Crippen LogP contribution in [0.15, 0.2) is 40.6 Å². The van der Waals surface area contributed by atoms with Gasteiger partial charge in [-0.15, -0.1) is 15.3 Å². The number of H-pyrrole nitrogens is 2. The highest BCUT2D eigenvalue weighted by molar-refractivity contribution is 5.82. The molecular formula is C19H19N9. The Labute approximate surface area is 161 Å². The standard InChI is InChI=1S/C19H19N9/c1-11-21-18-14(13(27-28(18)26-11)12-9-7-6-8-10-12)22-24-17-15(20-5)16(23-25-17)19(2,3)4/h6-10,27H,1-4H3,(H,23,25). The van der Waals surface area contributed by atoms with Crippen molar-refractivity contribution in [3.8, 4) is 11.3 Å². The van der Waals surface area contributed by atoms with Crippen LogP contribution in [0.1, 0.15) is 32.3 Å². The first-order valence-corrected chi connectivity index (χ1v) is 8.77. The summed E-state index contributed by atoms with van der Waals surface area (Å²) in [6.45, 7) is 15.4. The summed E-state index contributed by atoms with van der Waals surface area (Å²) in [6.07, 6.45) is 0. The van der Waals surface area contributed by atoms with Gasteiger partial charge < -0.3 is 0 Å². The van der Waals surface area contributed by atoms with Crippen LogP contribution in [0.25, 0.3) is 21.7 Å². The van der Waals surface area contributed by atoms with Crippen LogP contribution in [0.3, 0.4) is 0 Å². The first-order chi connectivity index (χ1) is 13.4. The van der Waals surface area contributed by atoms with Crippen LogP contribution in [0.5, 0.6) is 0 Å². The van der Waals surface area contributed by atoms with Gasteiger partial charge in [-0.25, -0.2) is 9.83 Å². The third kappa shape index (κ3) is 2.95. The lowest BCUT2D eigenvalue weighted by Crippen LogP contribution is -2.11. The Morgan fingerprint density at radius 3 is 2.57 bits per heavy atom. The fraction of sp³-hybridized carbons (Fsp3) is 0.263. The first kappa shape index (κ1) is 17.6. The summed E-state index contributed by atoms with van der Waals surface area (Å²) < 4.78 is 1.58. The van der Waals surface area contributed by atoms with E-state index in [1.165, 1.54) is 0 Å². The molecule has 0 radical (unpaired) electrons. The lowest BCUT2D eigenvalue weighted by molar-refractivity contribution is 0.569. The third-order valence-corrected chi connectivity index (χ3v) is 4.27. The molecular weight excluding hydrogens is 354 g/mol. The van der Waals surface area contributed by atoms with Gasteiger partial charge in [0, 0.05) is 11.3 Å². The van der Waals surface area contributed by atoms with Crippen molar-refractivity contribution in [3.63, 3.8) is 0 Å². The van der Waals surface area contributed by atoms with E-state index in [-0.39, 0.29) is 11.2 Å². The highest BCUT2D eigenvalue weighted by atomic mass is 15.5. The zero-order valence-electron chi connectivity index (χ0n) is 16.0. The molecule has 3 aromatic heterocycles. The zero-order valence-corrected chi connectivity index (χ0v) is 16.0. The van der Waals surface area contributed by atoms with Crippen molar-refractivity contribution in [2.24, 2.45) is 10.2 Å². The lowest BCUT2D eigenvalue weighted by Gasteiger charge is -2.16. The summed E-state index contributed by atoms with van der Waals surface area (Å²) in [5.41, 5.74) is 3.65. The Morgan fingerprint density at radius 2 is 1.89 bits per heavy atom. The maximum atomic E-state index is 7.52. The van der Waals surface area contributed by atoms with Crippen molar-refractivity contribution >= 4 is 22.8 Å². The minimum Gasteiger partial charge on any atom is -0.291 e. The van der Waals surface area contributed by atoms with Crippen molar-refractivity contribution in [2.45, 2.75) is 33.1 Å². The normalized spacial score (nSPS) is 12.1. The van der Waals surface area contributed by atoms with Crippen LogP contribution in [0.4, 0.5) is 17.2 Å². The Balaban J connectivity index is 1.84. The molecule has 0 bridgehead atoms. The lowest BCUT2D eigenvalue weighted by atomic mass is 9.91. The van der Waals surface area contributed by atoms with Gasteiger partial charge in [-0.2, -0.15) is 9.73 Å². The van der Waals surface area contributed by atoms with Gasteiger partial charge in [0.2, 0.25) is 11.5 Å². The predicted molar refractivity (Wildman–Crippen MR) is 105 cm³/mol. The fourth-order valence-electron chi connectivity index (χ4n) is 2.94. The van der Waals surface area contributed by atoms with Gasteiger partial charge in [0.15, 0.2) is 5.69 Å². The van der Waals surface area contributed by atoms with Crippen molar-refractivity contribution < 1.29 is 0 Å². The molecule has 0 spiro atoms. The van der Waals surface area contributed by atoms with E-state index >= 15 is 0 Å². The quantitative estimate of drug-likeness (QED) is 0.389. The first-order valence-electron chi connectivity index (χ1n) is 8.77. The smallest absolute Gasteiger partial charge is 0.255 e. The van der Waals surface area contributed by atoms with E-state index in [0.717, 1.165) is 17.0 Å². The Bertz CT molecular complexity index is 1210. The van der Waals surface area contributed by atoms with Crippen LogP contribution in [0, 0.1) is 13.5 Å². The molecule has 0 atom stereocenters. The minimum atomic E-state index is -0.249. The monoisotopic (exact) mass is 373 g/mol. The fourth-order valence-corrected chi connectivity index (χ4v) is 2.94. The van der Waals surface area contributed by atoms with Crippen LogP contribution >= 0.6 is 0 Å². The molecule has 9 nitrogen and oxygen atoms in total. The van der Waals surface area contributed by atoms with Crippen LogP contribution in [-0.2, 0) is 5.41 Å². The Morgan fingerprint density at radius 1 is 1.14 bits per heavy atom. The number of nitrogens with zero attached hydrogens (tertiary/aromatic N) is 7. The summed E-state index contributed by atoms with van der Waals surface area (Å²) in [6, 6.07) is 9.76. The molecule has 4 aromatic rings. The second-order valence-corrected chi connectivity index (χ2v) is 7.43. The van der Waals surface area contributed by atoms with E-state index < -0.39 is 0 Å². The second-order valence-electron chi connectivity index (χ2n) is 7.43. The number of aryl methyl sites for hydroxylation is 1. The third-order valence-electron chi connectivity index (χ3n) is 4.27. The van der Waals surface area contributed by atoms with Gasteiger partial charge in [-0.05, 0) is 12.3 Å². The Kier molecular flexibility index (Phi) is 4.04. The number of nitrogens with one attached hydrogen (secondary N) is 2. The Hall–Kier alpha value is -3.80. The molecule has 0 saturated carbocycles. The molecule has 0 aliphatic carbocycles. The molecule has 0 amide bonds. The molecule has 0 aliphatic heterocycles. The molecule has 140 valence electrons. The van der Waals surface area contributed by atoms with Crippen LogP contribution in [-0.4, -0.2) is 30.0 Å². The number of hydrogen-bond donors (Lipinski definition) is 2. The van der Waals surface area contributed by atoms with Crippen LogP contribution in [0.2, 0.25) is 0 Å². The number of hydrogen-bond acceptors (Lipinski definition) is 5. The molecule has 0 unspecified atom stereocenters. The maximum Gasteiger partial charge on any atom is 0.255 e. The van der Waals surface area contributed by atoms with E-state index in [0.29, 0.717) is 22.8 Å². The maximum absolute atomic E-state index is 7.52. The SMILES string of the molecule is [C-]#[N+]c1c(N=Nc2c(-c3ccccc3)[nH]n3nc(C)nc23)n[nH]c1C(C)(C)C. The van der Waals surface area contributed by atoms with Crippen LogP contribution < -0.4 is 0 Å². The van der Waals surface area contributed by atoms with Gasteiger partial charge in [-0.1, -0.05) is 51.1 Å². The van der Waals surface area contributed by atoms with Gasteiger partial charge in [0.25, 0.3) is 5.69 Å². The van der Waals surface area contributed by atoms with Crippen molar-refractivity contribution in [1.29, 1.82) is 0 Å². The molecule has 0 saturated heterocycles. The van der Waals surface area contributed by atoms with Gasteiger partial charge in [-0.3, -0.25) is 10.2 Å². The second kappa shape index (κ2) is 6.42. The molecule has 2 N–H and O–H groups in total. The highest BCUT2D eigenvalue weighted by Crippen LogP contribution is 2.39. The number of azo groups is 1. The molecule has 28 heavy (non-hydrogen) atoms. The number of rotatable bonds is 3. The van der Waals surface area contributed by atoms with E-state index in [1.54, 1.807) is 4.63 Å². The number of benzene rings is 1. The number of fused-ring (bicyclic) bond motifs is 1. The van der Waals surface area contributed by atoms with Gasteiger partial charge in [0.1, 0.15) is 5.82 Å². The highest BCUT2D eigenvalue weighted by Gasteiger charge is 2.24. The molecule has 0 aliphatic rings. The van der Waals surface area contributed by atoms with Gasteiger partial charge >= 0.3 is 0 Å². The average Bonchev–Trinajstić information content (AvgIpc) is 3.32. The van der Waals surface area contributed by atoms with E-state index in [9.17, 15) is 0 Å². The van der Waals surface area contributed by atoms with E-state index in [2.05, 4.69) is 40.5 Å². The molecule has 0 fully saturated rings.